The monoisotopic (exact) mass is 426 g/mol. The summed E-state index contributed by atoms with van der Waals surface area (Å²) < 4.78 is 1.39. The van der Waals surface area contributed by atoms with Gasteiger partial charge in [0, 0.05) is 0 Å². The third-order valence-electron chi connectivity index (χ3n) is 8.46. The van der Waals surface area contributed by atoms with Gasteiger partial charge in [-0.3, -0.25) is 0 Å². The Hall–Kier alpha value is 0.170. The molecule has 3 saturated carbocycles. The molecule has 0 spiro atoms. The summed E-state index contributed by atoms with van der Waals surface area (Å²) in [6.45, 7) is 9.40. The molecule has 0 amide bonds. The highest BCUT2D eigenvalue weighted by atomic mass is 127. The number of aliphatic hydroxyl groups excluding tert-OH is 1. The van der Waals surface area contributed by atoms with Gasteiger partial charge in [0.05, 0.1) is 6.10 Å². The molecule has 0 aromatic heterocycles. The van der Waals surface area contributed by atoms with Crippen molar-refractivity contribution in [2.24, 2.45) is 34.5 Å². The molecule has 0 radical (unpaired) electrons. The van der Waals surface area contributed by atoms with Gasteiger partial charge in [0.25, 0.3) is 0 Å². The van der Waals surface area contributed by atoms with Crippen LogP contribution in [0.4, 0.5) is 0 Å². The molecule has 1 N–H and O–H groups in total. The zero-order valence-corrected chi connectivity index (χ0v) is 16.8. The lowest BCUT2D eigenvalue weighted by molar-refractivity contribution is -0.0443. The van der Waals surface area contributed by atoms with Gasteiger partial charge in [0.2, 0.25) is 0 Å². The van der Waals surface area contributed by atoms with E-state index >= 15 is 0 Å². The van der Waals surface area contributed by atoms with Crippen molar-refractivity contribution in [1.82, 2.24) is 0 Å². The van der Waals surface area contributed by atoms with E-state index in [0.29, 0.717) is 10.8 Å². The lowest BCUT2D eigenvalue weighted by atomic mass is 9.47. The van der Waals surface area contributed by atoms with Crippen LogP contribution in [0.15, 0.2) is 21.8 Å². The molecule has 4 aliphatic carbocycles. The van der Waals surface area contributed by atoms with Crippen LogP contribution < -0.4 is 0 Å². The molecule has 23 heavy (non-hydrogen) atoms. The Kier molecular flexibility index (Phi) is 4.04. The van der Waals surface area contributed by atoms with E-state index < -0.39 is 0 Å². The van der Waals surface area contributed by atoms with Crippen LogP contribution in [-0.2, 0) is 0 Å². The second-order valence-electron chi connectivity index (χ2n) is 9.28. The molecule has 4 rings (SSSR count). The first-order valence-electron chi connectivity index (χ1n) is 9.58. The van der Waals surface area contributed by atoms with Crippen LogP contribution in [0.25, 0.3) is 0 Å². The van der Waals surface area contributed by atoms with E-state index in [0.717, 1.165) is 36.5 Å². The fourth-order valence-corrected chi connectivity index (χ4v) is 8.18. The molecule has 3 fully saturated rings. The predicted molar refractivity (Wildman–Crippen MR) is 104 cm³/mol. The van der Waals surface area contributed by atoms with Crippen molar-refractivity contribution < 1.29 is 5.11 Å². The first-order valence-corrected chi connectivity index (χ1v) is 10.7. The predicted octanol–water partition coefficient (Wildman–Crippen LogP) is 5.88. The second-order valence-corrected chi connectivity index (χ2v) is 10.7. The Labute approximate surface area is 155 Å². The van der Waals surface area contributed by atoms with Crippen molar-refractivity contribution in [3.05, 3.63) is 21.8 Å². The molecule has 1 nitrogen and oxygen atoms in total. The maximum atomic E-state index is 10.1. The van der Waals surface area contributed by atoms with Crippen LogP contribution in [0.1, 0.15) is 65.2 Å². The smallest absolute Gasteiger partial charge is 0.0577 e. The highest BCUT2D eigenvalue weighted by Crippen LogP contribution is 2.67. The molecule has 0 heterocycles. The van der Waals surface area contributed by atoms with Crippen molar-refractivity contribution in [2.75, 3.05) is 0 Å². The van der Waals surface area contributed by atoms with Gasteiger partial charge in [-0.1, -0.05) is 32.1 Å². The number of allylic oxidation sites excluding steroid dienone is 2. The van der Waals surface area contributed by atoms with Crippen molar-refractivity contribution in [1.29, 1.82) is 0 Å². The molecule has 0 aromatic rings. The van der Waals surface area contributed by atoms with Crippen LogP contribution in [-0.4, -0.2) is 11.2 Å². The third kappa shape index (κ3) is 2.33. The molecular formula is C21H31IO. The van der Waals surface area contributed by atoms with Crippen LogP contribution in [0.5, 0.6) is 0 Å². The maximum absolute atomic E-state index is 10.1. The van der Waals surface area contributed by atoms with Gasteiger partial charge in [0.15, 0.2) is 0 Å². The van der Waals surface area contributed by atoms with Crippen molar-refractivity contribution >= 4 is 22.6 Å². The van der Waals surface area contributed by atoms with E-state index in [9.17, 15) is 5.11 Å². The van der Waals surface area contributed by atoms with Gasteiger partial charge in [0.1, 0.15) is 0 Å². The molecule has 3 unspecified atom stereocenters. The van der Waals surface area contributed by atoms with Crippen LogP contribution in [0.3, 0.4) is 0 Å². The molecular weight excluding hydrogens is 395 g/mol. The highest BCUT2D eigenvalue weighted by molar-refractivity contribution is 14.1. The summed E-state index contributed by atoms with van der Waals surface area (Å²) in [7, 11) is 0. The second kappa shape index (κ2) is 5.59. The topological polar surface area (TPSA) is 20.2 Å². The van der Waals surface area contributed by atoms with Gasteiger partial charge >= 0.3 is 0 Å². The zero-order valence-electron chi connectivity index (χ0n) is 14.7. The largest absolute Gasteiger partial charge is 0.393 e. The van der Waals surface area contributed by atoms with Gasteiger partial charge in [-0.2, -0.15) is 0 Å². The van der Waals surface area contributed by atoms with E-state index in [1.54, 1.807) is 5.57 Å². The highest BCUT2D eigenvalue weighted by Gasteiger charge is 2.58. The van der Waals surface area contributed by atoms with E-state index in [1.807, 2.05) is 0 Å². The minimum absolute atomic E-state index is 0.0852. The Morgan fingerprint density at radius 1 is 1.17 bits per heavy atom. The maximum Gasteiger partial charge on any atom is 0.0577 e. The van der Waals surface area contributed by atoms with Gasteiger partial charge < -0.3 is 5.11 Å². The summed E-state index contributed by atoms with van der Waals surface area (Å²) in [5.41, 5.74) is 2.46. The quantitative estimate of drug-likeness (QED) is 0.411. The summed E-state index contributed by atoms with van der Waals surface area (Å²) in [5, 5.41) is 10.1. The third-order valence-corrected chi connectivity index (χ3v) is 9.21. The summed E-state index contributed by atoms with van der Waals surface area (Å²) in [6.07, 6.45) is 12.4. The molecule has 0 bridgehead atoms. The number of fused-ring (bicyclic) bond motifs is 5. The van der Waals surface area contributed by atoms with Crippen molar-refractivity contribution in [3.8, 4) is 0 Å². The van der Waals surface area contributed by atoms with Gasteiger partial charge in [-0.25, -0.2) is 0 Å². The normalized spacial score (nSPS) is 52.2. The summed E-state index contributed by atoms with van der Waals surface area (Å²) in [5.74, 6) is 3.35. The zero-order chi connectivity index (χ0) is 16.4. The van der Waals surface area contributed by atoms with Gasteiger partial charge in [-0.05, 0) is 112 Å². The minimum Gasteiger partial charge on any atom is -0.393 e. The average molecular weight is 426 g/mol. The molecule has 128 valence electrons. The Bertz CT molecular complexity index is 552. The standard InChI is InChI=1S/C21H31IO/c1-13(22)17-6-7-18-16-5-4-14-12-15(23)8-10-20(14,2)19(16)9-11-21(17,18)3/h4,15-19,23H,1,5-12H2,2-3H3/t15-,16?,17+,18?,19?,20-,21+/m0/s1. The lowest BCUT2D eigenvalue weighted by Gasteiger charge is -2.58. The van der Waals surface area contributed by atoms with E-state index in [4.69, 9.17) is 0 Å². The average Bonchev–Trinajstić information content (AvgIpc) is 2.85. The van der Waals surface area contributed by atoms with E-state index in [1.165, 1.54) is 42.1 Å². The molecule has 4 aliphatic rings. The fraction of sp³-hybridized carbons (Fsp3) is 0.810. The fourth-order valence-electron chi connectivity index (χ4n) is 7.16. The summed E-state index contributed by atoms with van der Waals surface area (Å²) in [6, 6.07) is 0. The van der Waals surface area contributed by atoms with Crippen LogP contribution in [0, 0.1) is 34.5 Å². The van der Waals surface area contributed by atoms with Crippen LogP contribution >= 0.6 is 22.6 Å². The van der Waals surface area contributed by atoms with E-state index in [-0.39, 0.29) is 6.10 Å². The SMILES string of the molecule is C=C(I)[C@H]1CCC2C3CC=C4C[C@@H](O)CC[C@]4(C)C3CC[C@@]21C. The number of rotatable bonds is 1. The first kappa shape index (κ1) is 16.6. The number of halogens is 1. The van der Waals surface area contributed by atoms with Crippen molar-refractivity contribution in [3.63, 3.8) is 0 Å². The Balaban J connectivity index is 1.66. The number of aliphatic hydroxyl groups is 1. The number of hydrogen-bond donors (Lipinski definition) is 1. The Morgan fingerprint density at radius 2 is 1.96 bits per heavy atom. The van der Waals surface area contributed by atoms with Gasteiger partial charge in [-0.15, -0.1) is 0 Å². The Morgan fingerprint density at radius 3 is 2.70 bits per heavy atom. The molecule has 0 saturated heterocycles. The van der Waals surface area contributed by atoms with Crippen molar-refractivity contribution in [2.45, 2.75) is 71.3 Å². The minimum atomic E-state index is -0.0852. The first-order chi connectivity index (χ1) is 10.9. The summed E-state index contributed by atoms with van der Waals surface area (Å²) in [4.78, 5) is 0. The molecule has 0 aromatic carbocycles. The molecule has 7 atom stereocenters. The molecule has 2 heteroatoms. The van der Waals surface area contributed by atoms with E-state index in [2.05, 4.69) is 49.1 Å². The van der Waals surface area contributed by atoms with Crippen LogP contribution in [0.2, 0.25) is 0 Å². The summed E-state index contributed by atoms with van der Waals surface area (Å²) >= 11 is 2.49. The lowest BCUT2D eigenvalue weighted by Crippen LogP contribution is -2.50. The number of hydrogen-bond acceptors (Lipinski definition) is 1. The molecule has 0 aliphatic heterocycles.